The second-order valence-electron chi connectivity index (χ2n) is 7.02. The molecule has 0 fully saturated rings. The summed E-state index contributed by atoms with van der Waals surface area (Å²) in [5.74, 6) is 1.57. The summed E-state index contributed by atoms with van der Waals surface area (Å²) in [7, 11) is 0. The van der Waals surface area contributed by atoms with E-state index in [1.165, 1.54) is 64.2 Å². The van der Waals surface area contributed by atoms with Gasteiger partial charge in [-0.05, 0) is 87.2 Å². The second-order valence-corrected chi connectivity index (χ2v) is 7.02. The second kappa shape index (κ2) is 8.31. The van der Waals surface area contributed by atoms with Gasteiger partial charge in [0, 0.05) is 0 Å². The molecule has 0 aromatic rings. The Morgan fingerprint density at radius 3 is 1.50 bits per heavy atom. The third-order valence-electron chi connectivity index (χ3n) is 5.85. The average Bonchev–Trinajstić information content (AvgIpc) is 3.09. The first-order valence-corrected chi connectivity index (χ1v) is 8.72. The van der Waals surface area contributed by atoms with Gasteiger partial charge in [-0.15, -0.1) is 0 Å². The van der Waals surface area contributed by atoms with Crippen molar-refractivity contribution in [1.82, 2.24) is 0 Å². The Morgan fingerprint density at radius 2 is 1.05 bits per heavy atom. The molecule has 0 nitrogen and oxygen atoms in total. The fourth-order valence-electron chi connectivity index (χ4n) is 4.73. The van der Waals surface area contributed by atoms with Gasteiger partial charge in [-0.2, -0.15) is 0 Å². The van der Waals surface area contributed by atoms with Gasteiger partial charge in [-0.3, -0.25) is 0 Å². The van der Waals surface area contributed by atoms with E-state index in [2.05, 4.69) is 24.3 Å². The van der Waals surface area contributed by atoms with Crippen molar-refractivity contribution >= 4 is 37.7 Å². The maximum atomic E-state index is 2.50. The van der Waals surface area contributed by atoms with E-state index in [0.29, 0.717) is 0 Å². The first-order valence-electron chi connectivity index (χ1n) is 8.72. The first-order chi connectivity index (χ1) is 9.92. The van der Waals surface area contributed by atoms with Gasteiger partial charge >= 0.3 is 37.7 Å². The van der Waals surface area contributed by atoms with Crippen LogP contribution in [0.2, 0.25) is 0 Å². The zero-order valence-electron chi connectivity index (χ0n) is 12.5. The number of hydrogen-bond donors (Lipinski definition) is 0. The summed E-state index contributed by atoms with van der Waals surface area (Å²) in [6, 6.07) is 0. The van der Waals surface area contributed by atoms with E-state index in [4.69, 9.17) is 0 Å². The van der Waals surface area contributed by atoms with E-state index in [1.807, 2.05) is 0 Å². The SMILES string of the molecule is C1=CC(CCC2C=CC3=C2CCCC3)C2=C1CCCC2.[LiH].[LiH]. The molecule has 0 radical (unpaired) electrons. The van der Waals surface area contributed by atoms with E-state index in [0.717, 1.165) is 11.8 Å². The number of rotatable bonds is 3. The molecule has 2 heteroatoms. The first kappa shape index (κ1) is 18.5. The maximum absolute atomic E-state index is 2.50. The summed E-state index contributed by atoms with van der Waals surface area (Å²) in [6.45, 7) is 0. The monoisotopic (exact) mass is 282 g/mol. The summed E-state index contributed by atoms with van der Waals surface area (Å²) in [6.07, 6.45) is 23.8. The molecule has 22 heavy (non-hydrogen) atoms. The Bertz CT molecular complexity index is 474. The molecule has 0 bridgehead atoms. The Labute approximate surface area is 159 Å². The van der Waals surface area contributed by atoms with Crippen molar-refractivity contribution in [3.05, 3.63) is 46.6 Å². The van der Waals surface area contributed by atoms with Crippen LogP contribution in [0.3, 0.4) is 0 Å². The van der Waals surface area contributed by atoms with Gasteiger partial charge in [0.1, 0.15) is 0 Å². The van der Waals surface area contributed by atoms with Crippen molar-refractivity contribution in [2.24, 2.45) is 11.8 Å². The Balaban J connectivity index is 0.000000882. The standard InChI is InChI=1S/C20H26.2Li.2H/c1-3-7-19-15(5-1)9-11-17(19)13-14-18-12-10-16-6-2-4-8-20(16)18;;;;/h9-12,17-18H,1-8,13-14H2;;;;. The van der Waals surface area contributed by atoms with Crippen LogP contribution < -0.4 is 0 Å². The van der Waals surface area contributed by atoms with Crippen molar-refractivity contribution in [3.8, 4) is 0 Å². The van der Waals surface area contributed by atoms with Gasteiger partial charge < -0.3 is 0 Å². The van der Waals surface area contributed by atoms with Gasteiger partial charge in [0.25, 0.3) is 0 Å². The number of hydrogen-bond acceptors (Lipinski definition) is 0. The van der Waals surface area contributed by atoms with E-state index in [1.54, 1.807) is 22.3 Å². The van der Waals surface area contributed by atoms with Crippen molar-refractivity contribution in [2.75, 3.05) is 0 Å². The molecule has 0 N–H and O–H groups in total. The minimum atomic E-state index is 0. The van der Waals surface area contributed by atoms with Crippen LogP contribution in [0.1, 0.15) is 64.2 Å². The van der Waals surface area contributed by atoms with Crippen molar-refractivity contribution in [2.45, 2.75) is 64.2 Å². The molecule has 0 saturated carbocycles. The molecule has 2 atom stereocenters. The summed E-state index contributed by atoms with van der Waals surface area (Å²) in [5, 5.41) is 0. The molecule has 0 spiro atoms. The van der Waals surface area contributed by atoms with E-state index in [-0.39, 0.29) is 37.7 Å². The summed E-state index contributed by atoms with van der Waals surface area (Å²) < 4.78 is 0. The molecule has 4 rings (SSSR count). The minimum absolute atomic E-state index is 0. The van der Waals surface area contributed by atoms with Gasteiger partial charge in [-0.25, -0.2) is 0 Å². The van der Waals surface area contributed by atoms with E-state index in [9.17, 15) is 0 Å². The third-order valence-corrected chi connectivity index (χ3v) is 5.85. The van der Waals surface area contributed by atoms with Crippen LogP contribution in [0.15, 0.2) is 46.6 Å². The van der Waals surface area contributed by atoms with E-state index < -0.39 is 0 Å². The van der Waals surface area contributed by atoms with Crippen LogP contribution in [0.25, 0.3) is 0 Å². The van der Waals surface area contributed by atoms with Crippen LogP contribution >= 0.6 is 0 Å². The molecule has 0 amide bonds. The van der Waals surface area contributed by atoms with Crippen LogP contribution in [-0.2, 0) is 0 Å². The van der Waals surface area contributed by atoms with Crippen LogP contribution in [0.4, 0.5) is 0 Å². The topological polar surface area (TPSA) is 0 Å². The predicted molar refractivity (Wildman–Crippen MR) is 99.8 cm³/mol. The molecular formula is C20H28Li2. The van der Waals surface area contributed by atoms with Crippen LogP contribution in [0.5, 0.6) is 0 Å². The molecule has 0 saturated heterocycles. The summed E-state index contributed by atoms with van der Waals surface area (Å²) in [5.41, 5.74) is 6.99. The molecule has 0 aromatic heterocycles. The predicted octanol–water partition coefficient (Wildman–Crippen LogP) is 4.58. The van der Waals surface area contributed by atoms with E-state index >= 15 is 0 Å². The molecule has 4 aliphatic carbocycles. The van der Waals surface area contributed by atoms with Crippen molar-refractivity contribution in [1.29, 1.82) is 0 Å². The Hall–Kier alpha value is 0.155. The number of allylic oxidation sites excluding steroid dienone is 8. The molecule has 110 valence electrons. The van der Waals surface area contributed by atoms with Gasteiger partial charge in [-0.1, -0.05) is 35.5 Å². The van der Waals surface area contributed by atoms with Gasteiger partial charge in [0.2, 0.25) is 0 Å². The van der Waals surface area contributed by atoms with Crippen LogP contribution in [0, 0.1) is 11.8 Å². The Morgan fingerprint density at radius 1 is 0.636 bits per heavy atom. The zero-order chi connectivity index (χ0) is 13.4. The zero-order valence-corrected chi connectivity index (χ0v) is 12.5. The molecule has 0 aliphatic heterocycles. The van der Waals surface area contributed by atoms with Gasteiger partial charge in [0.05, 0.1) is 0 Å². The summed E-state index contributed by atoms with van der Waals surface area (Å²) in [4.78, 5) is 0. The third kappa shape index (κ3) is 3.63. The Kier molecular flexibility index (Phi) is 6.99. The quantitative estimate of drug-likeness (QED) is 0.664. The fraction of sp³-hybridized carbons (Fsp3) is 0.600. The normalized spacial score (nSPS) is 29.1. The molecule has 2 unspecified atom stereocenters. The molecule has 4 aliphatic rings. The van der Waals surface area contributed by atoms with Crippen molar-refractivity contribution < 1.29 is 0 Å². The molecule has 0 heterocycles. The van der Waals surface area contributed by atoms with Crippen molar-refractivity contribution in [3.63, 3.8) is 0 Å². The fourth-order valence-corrected chi connectivity index (χ4v) is 4.73. The average molecular weight is 282 g/mol. The van der Waals surface area contributed by atoms with Crippen LogP contribution in [-0.4, -0.2) is 37.7 Å². The summed E-state index contributed by atoms with van der Waals surface area (Å²) >= 11 is 0. The molecular weight excluding hydrogens is 254 g/mol. The van der Waals surface area contributed by atoms with Gasteiger partial charge in [0.15, 0.2) is 0 Å². The molecule has 0 aromatic carbocycles.